The van der Waals surface area contributed by atoms with E-state index in [-0.39, 0.29) is 5.92 Å². The summed E-state index contributed by atoms with van der Waals surface area (Å²) in [6, 6.07) is 11.0. The second kappa shape index (κ2) is 7.73. The summed E-state index contributed by atoms with van der Waals surface area (Å²) in [6.07, 6.45) is -0.575. The van der Waals surface area contributed by atoms with E-state index < -0.39 is 6.09 Å². The third kappa shape index (κ3) is 4.19. The highest BCUT2D eigenvalue weighted by Crippen LogP contribution is 2.30. The van der Waals surface area contributed by atoms with E-state index in [1.54, 1.807) is 25.3 Å². The molecule has 2 aromatic rings. The number of hydrogen-bond acceptors (Lipinski definition) is 4. The summed E-state index contributed by atoms with van der Waals surface area (Å²) >= 11 is 0. The molecule has 0 atom stereocenters. The standard InChI is InChI=1S/C19H23NO4/c1-12(2)15-8-6-13(3)10-18(15)24-19(21)20-16-11-14(22-4)7-9-17(16)23-5/h6-12H,1-5H3,(H,20,21). The van der Waals surface area contributed by atoms with Crippen LogP contribution in [0, 0.1) is 6.92 Å². The molecule has 2 rings (SSSR count). The quantitative estimate of drug-likeness (QED) is 0.860. The molecule has 1 amide bonds. The summed E-state index contributed by atoms with van der Waals surface area (Å²) in [4.78, 5) is 12.3. The van der Waals surface area contributed by atoms with Crippen molar-refractivity contribution >= 4 is 11.8 Å². The van der Waals surface area contributed by atoms with Crippen LogP contribution in [0.2, 0.25) is 0 Å². The molecule has 0 radical (unpaired) electrons. The molecule has 128 valence electrons. The zero-order valence-electron chi connectivity index (χ0n) is 14.7. The summed E-state index contributed by atoms with van der Waals surface area (Å²) in [5, 5.41) is 2.70. The van der Waals surface area contributed by atoms with Crippen molar-refractivity contribution < 1.29 is 19.0 Å². The fourth-order valence-corrected chi connectivity index (χ4v) is 2.35. The fourth-order valence-electron chi connectivity index (χ4n) is 2.35. The van der Waals surface area contributed by atoms with Gasteiger partial charge in [-0.2, -0.15) is 0 Å². The highest BCUT2D eigenvalue weighted by molar-refractivity contribution is 5.88. The first kappa shape index (κ1) is 17.7. The van der Waals surface area contributed by atoms with Crippen molar-refractivity contribution in [2.45, 2.75) is 26.7 Å². The molecule has 0 aromatic heterocycles. The van der Waals surface area contributed by atoms with Gasteiger partial charge in [0, 0.05) is 6.07 Å². The molecule has 24 heavy (non-hydrogen) atoms. The SMILES string of the molecule is COc1ccc(OC)c(NC(=O)Oc2cc(C)ccc2C(C)C)c1. The van der Waals surface area contributed by atoms with Gasteiger partial charge < -0.3 is 14.2 Å². The van der Waals surface area contributed by atoms with Crippen LogP contribution in [0.15, 0.2) is 36.4 Å². The Morgan fingerprint density at radius 3 is 2.38 bits per heavy atom. The van der Waals surface area contributed by atoms with E-state index >= 15 is 0 Å². The van der Waals surface area contributed by atoms with Crippen molar-refractivity contribution in [3.05, 3.63) is 47.5 Å². The number of rotatable bonds is 5. The molecular formula is C19H23NO4. The molecule has 5 heteroatoms. The highest BCUT2D eigenvalue weighted by Gasteiger charge is 2.14. The van der Waals surface area contributed by atoms with Crippen LogP contribution in [0.5, 0.6) is 17.2 Å². The molecule has 0 heterocycles. The predicted molar refractivity (Wildman–Crippen MR) is 94.5 cm³/mol. The van der Waals surface area contributed by atoms with Crippen LogP contribution in [0.3, 0.4) is 0 Å². The van der Waals surface area contributed by atoms with Gasteiger partial charge in [-0.1, -0.05) is 26.0 Å². The first-order valence-corrected chi connectivity index (χ1v) is 7.76. The molecule has 0 aliphatic carbocycles. The number of carbonyl (C=O) groups excluding carboxylic acids is 1. The molecule has 0 spiro atoms. The minimum atomic E-state index is -0.575. The normalized spacial score (nSPS) is 10.4. The van der Waals surface area contributed by atoms with Crippen LogP contribution >= 0.6 is 0 Å². The lowest BCUT2D eigenvalue weighted by Gasteiger charge is -2.15. The van der Waals surface area contributed by atoms with Crippen LogP contribution in [-0.4, -0.2) is 20.3 Å². The van der Waals surface area contributed by atoms with Gasteiger partial charge >= 0.3 is 6.09 Å². The van der Waals surface area contributed by atoms with Gasteiger partial charge in [-0.25, -0.2) is 4.79 Å². The third-order valence-corrected chi connectivity index (χ3v) is 3.64. The van der Waals surface area contributed by atoms with Gasteiger partial charge in [0.1, 0.15) is 17.2 Å². The second-order valence-corrected chi connectivity index (χ2v) is 5.78. The summed E-state index contributed by atoms with van der Waals surface area (Å²) in [6.45, 7) is 6.07. The van der Waals surface area contributed by atoms with Crippen LogP contribution in [0.1, 0.15) is 30.9 Å². The summed E-state index contributed by atoms with van der Waals surface area (Å²) in [5.41, 5.74) is 2.50. The first-order chi connectivity index (χ1) is 11.4. The van der Waals surface area contributed by atoms with E-state index in [4.69, 9.17) is 14.2 Å². The van der Waals surface area contributed by atoms with E-state index in [0.717, 1.165) is 11.1 Å². The number of methoxy groups -OCH3 is 2. The van der Waals surface area contributed by atoms with Gasteiger partial charge in [0.15, 0.2) is 0 Å². The predicted octanol–water partition coefficient (Wildman–Crippen LogP) is 4.75. The number of aryl methyl sites for hydroxylation is 1. The highest BCUT2D eigenvalue weighted by atomic mass is 16.6. The lowest BCUT2D eigenvalue weighted by Crippen LogP contribution is -2.18. The number of nitrogens with one attached hydrogen (secondary N) is 1. The fraction of sp³-hybridized carbons (Fsp3) is 0.316. The van der Waals surface area contributed by atoms with Gasteiger partial charge in [-0.05, 0) is 42.2 Å². The lowest BCUT2D eigenvalue weighted by molar-refractivity contribution is 0.214. The van der Waals surface area contributed by atoms with Gasteiger partial charge in [0.05, 0.1) is 19.9 Å². The minimum Gasteiger partial charge on any atom is -0.497 e. The van der Waals surface area contributed by atoms with Crippen molar-refractivity contribution in [2.24, 2.45) is 0 Å². The Morgan fingerprint density at radius 2 is 1.75 bits per heavy atom. The van der Waals surface area contributed by atoms with Crippen LogP contribution in [-0.2, 0) is 0 Å². The average molecular weight is 329 g/mol. The molecule has 2 aromatic carbocycles. The van der Waals surface area contributed by atoms with E-state index in [1.807, 2.05) is 25.1 Å². The van der Waals surface area contributed by atoms with E-state index in [1.165, 1.54) is 7.11 Å². The number of amides is 1. The van der Waals surface area contributed by atoms with Crippen molar-refractivity contribution in [3.63, 3.8) is 0 Å². The molecule has 0 saturated carbocycles. The molecule has 0 aliphatic heterocycles. The number of anilines is 1. The van der Waals surface area contributed by atoms with E-state index in [0.29, 0.717) is 22.9 Å². The molecule has 0 aliphatic rings. The second-order valence-electron chi connectivity index (χ2n) is 5.78. The van der Waals surface area contributed by atoms with Crippen molar-refractivity contribution in [1.29, 1.82) is 0 Å². The van der Waals surface area contributed by atoms with Gasteiger partial charge in [0.25, 0.3) is 0 Å². The molecule has 5 nitrogen and oxygen atoms in total. The van der Waals surface area contributed by atoms with Gasteiger partial charge in [-0.15, -0.1) is 0 Å². The maximum atomic E-state index is 12.3. The molecule has 0 fully saturated rings. The average Bonchev–Trinajstić information content (AvgIpc) is 2.54. The molecular weight excluding hydrogens is 306 g/mol. The van der Waals surface area contributed by atoms with Gasteiger partial charge in [-0.3, -0.25) is 5.32 Å². The van der Waals surface area contributed by atoms with Crippen molar-refractivity contribution in [2.75, 3.05) is 19.5 Å². The van der Waals surface area contributed by atoms with Gasteiger partial charge in [0.2, 0.25) is 0 Å². The van der Waals surface area contributed by atoms with Crippen LogP contribution in [0.25, 0.3) is 0 Å². The summed E-state index contributed by atoms with van der Waals surface area (Å²) < 4.78 is 15.9. The Labute approximate surface area is 142 Å². The maximum Gasteiger partial charge on any atom is 0.417 e. The minimum absolute atomic E-state index is 0.250. The Morgan fingerprint density at radius 1 is 1.00 bits per heavy atom. The smallest absolute Gasteiger partial charge is 0.417 e. The number of benzene rings is 2. The summed E-state index contributed by atoms with van der Waals surface area (Å²) in [7, 11) is 3.10. The van der Waals surface area contributed by atoms with Crippen molar-refractivity contribution in [3.8, 4) is 17.2 Å². The zero-order chi connectivity index (χ0) is 17.7. The number of hydrogen-bond donors (Lipinski definition) is 1. The summed E-state index contributed by atoms with van der Waals surface area (Å²) in [5.74, 6) is 1.95. The molecule has 0 unspecified atom stereocenters. The Kier molecular flexibility index (Phi) is 5.68. The number of ether oxygens (including phenoxy) is 3. The molecule has 0 saturated heterocycles. The molecule has 0 bridgehead atoms. The molecule has 1 N–H and O–H groups in total. The topological polar surface area (TPSA) is 56.8 Å². The largest absolute Gasteiger partial charge is 0.497 e. The number of carbonyl (C=O) groups is 1. The van der Waals surface area contributed by atoms with E-state index in [2.05, 4.69) is 19.2 Å². The Bertz CT molecular complexity index is 725. The van der Waals surface area contributed by atoms with E-state index in [9.17, 15) is 4.79 Å². The van der Waals surface area contributed by atoms with Crippen LogP contribution in [0.4, 0.5) is 10.5 Å². The van der Waals surface area contributed by atoms with Crippen molar-refractivity contribution in [1.82, 2.24) is 0 Å². The zero-order valence-corrected chi connectivity index (χ0v) is 14.7. The Hall–Kier alpha value is -2.69. The monoisotopic (exact) mass is 329 g/mol. The lowest BCUT2D eigenvalue weighted by atomic mass is 10.0. The van der Waals surface area contributed by atoms with Crippen LogP contribution < -0.4 is 19.5 Å². The maximum absolute atomic E-state index is 12.3. The Balaban J connectivity index is 2.21. The first-order valence-electron chi connectivity index (χ1n) is 7.76. The third-order valence-electron chi connectivity index (χ3n) is 3.64.